The number of hydrogen-bond donors (Lipinski definition) is 1. The van der Waals surface area contributed by atoms with E-state index < -0.39 is 0 Å². The molecule has 4 nitrogen and oxygen atoms in total. The maximum Gasteiger partial charge on any atom is 0.226 e. The summed E-state index contributed by atoms with van der Waals surface area (Å²) < 4.78 is 5.15. The molecule has 1 heterocycles. The summed E-state index contributed by atoms with van der Waals surface area (Å²) in [6.07, 6.45) is 1.34. The van der Waals surface area contributed by atoms with E-state index in [0.717, 1.165) is 35.0 Å². The predicted molar refractivity (Wildman–Crippen MR) is 90.3 cm³/mol. The monoisotopic (exact) mass is 318 g/mol. The van der Waals surface area contributed by atoms with Crippen LogP contribution in [0.3, 0.4) is 0 Å². The van der Waals surface area contributed by atoms with Crippen LogP contribution in [0.25, 0.3) is 10.6 Å². The second-order valence-corrected chi connectivity index (χ2v) is 6.44. The minimum absolute atomic E-state index is 0.0345. The number of nitrogens with zero attached hydrogens (tertiary/aromatic N) is 1. The molecular formula is C17H22N2O2S. The molecule has 0 bridgehead atoms. The summed E-state index contributed by atoms with van der Waals surface area (Å²) in [4.78, 5) is 16.4. The van der Waals surface area contributed by atoms with Gasteiger partial charge in [-0.05, 0) is 36.6 Å². The van der Waals surface area contributed by atoms with E-state index in [1.54, 1.807) is 18.4 Å². The quantitative estimate of drug-likeness (QED) is 0.850. The predicted octanol–water partition coefficient (Wildman–Crippen LogP) is 3.52. The summed E-state index contributed by atoms with van der Waals surface area (Å²) in [6.45, 7) is 5.02. The molecule has 1 amide bonds. The Kier molecular flexibility index (Phi) is 5.95. The number of aromatic nitrogens is 1. The third-order valence-corrected chi connectivity index (χ3v) is 4.21. The zero-order chi connectivity index (χ0) is 15.9. The van der Waals surface area contributed by atoms with Crippen LogP contribution in [0.15, 0.2) is 29.6 Å². The molecule has 2 rings (SSSR count). The van der Waals surface area contributed by atoms with Crippen molar-refractivity contribution in [1.29, 1.82) is 0 Å². The largest absolute Gasteiger partial charge is 0.497 e. The molecular weight excluding hydrogens is 296 g/mol. The zero-order valence-electron chi connectivity index (χ0n) is 13.3. The van der Waals surface area contributed by atoms with Crippen LogP contribution in [0, 0.1) is 5.92 Å². The Morgan fingerprint density at radius 2 is 2.05 bits per heavy atom. The van der Waals surface area contributed by atoms with Crippen LogP contribution in [0.4, 0.5) is 0 Å². The first-order valence-corrected chi connectivity index (χ1v) is 8.32. The molecule has 0 fully saturated rings. The normalized spacial score (nSPS) is 10.7. The highest BCUT2D eigenvalue weighted by atomic mass is 32.1. The molecule has 2 aromatic rings. The number of amides is 1. The van der Waals surface area contributed by atoms with E-state index in [-0.39, 0.29) is 5.91 Å². The van der Waals surface area contributed by atoms with E-state index in [1.807, 2.05) is 29.6 Å². The molecule has 22 heavy (non-hydrogen) atoms. The second-order valence-electron chi connectivity index (χ2n) is 5.58. The SMILES string of the molecule is COc1ccc(-c2nc(CC(=O)NCCC(C)C)cs2)cc1. The van der Waals surface area contributed by atoms with Crippen LogP contribution in [0.2, 0.25) is 0 Å². The number of ether oxygens (including phenoxy) is 1. The zero-order valence-corrected chi connectivity index (χ0v) is 14.1. The van der Waals surface area contributed by atoms with Gasteiger partial charge in [0.15, 0.2) is 0 Å². The van der Waals surface area contributed by atoms with Crippen LogP contribution < -0.4 is 10.1 Å². The Labute approximate surface area is 135 Å². The molecule has 0 radical (unpaired) electrons. The lowest BCUT2D eigenvalue weighted by Gasteiger charge is -2.06. The van der Waals surface area contributed by atoms with Crippen molar-refractivity contribution in [2.75, 3.05) is 13.7 Å². The van der Waals surface area contributed by atoms with E-state index in [4.69, 9.17) is 4.74 Å². The number of rotatable bonds is 7. The molecule has 0 spiro atoms. The highest BCUT2D eigenvalue weighted by molar-refractivity contribution is 7.13. The van der Waals surface area contributed by atoms with Crippen LogP contribution in [-0.2, 0) is 11.2 Å². The third kappa shape index (κ3) is 4.84. The number of carbonyl (C=O) groups is 1. The first-order valence-electron chi connectivity index (χ1n) is 7.44. The Hall–Kier alpha value is -1.88. The lowest BCUT2D eigenvalue weighted by atomic mass is 10.1. The van der Waals surface area contributed by atoms with Crippen LogP contribution in [0.5, 0.6) is 5.75 Å². The number of thiazole rings is 1. The van der Waals surface area contributed by atoms with Gasteiger partial charge in [0, 0.05) is 17.5 Å². The highest BCUT2D eigenvalue weighted by Crippen LogP contribution is 2.25. The summed E-state index contributed by atoms with van der Waals surface area (Å²) in [5.41, 5.74) is 1.86. The number of methoxy groups -OCH3 is 1. The van der Waals surface area contributed by atoms with Gasteiger partial charge < -0.3 is 10.1 Å². The average molecular weight is 318 g/mol. The minimum atomic E-state index is 0.0345. The molecule has 1 aromatic carbocycles. The molecule has 118 valence electrons. The molecule has 0 aliphatic heterocycles. The van der Waals surface area contributed by atoms with E-state index in [2.05, 4.69) is 24.1 Å². The molecule has 5 heteroatoms. The number of carbonyl (C=O) groups excluding carboxylic acids is 1. The van der Waals surface area contributed by atoms with Gasteiger partial charge in [0.1, 0.15) is 10.8 Å². The van der Waals surface area contributed by atoms with Gasteiger partial charge >= 0.3 is 0 Å². The van der Waals surface area contributed by atoms with Crippen molar-refractivity contribution in [2.45, 2.75) is 26.7 Å². The maximum absolute atomic E-state index is 11.9. The number of hydrogen-bond acceptors (Lipinski definition) is 4. The summed E-state index contributed by atoms with van der Waals surface area (Å²) >= 11 is 1.55. The Balaban J connectivity index is 1.91. The Morgan fingerprint density at radius 1 is 1.32 bits per heavy atom. The highest BCUT2D eigenvalue weighted by Gasteiger charge is 2.09. The Bertz CT molecular complexity index is 605. The standard InChI is InChI=1S/C17H22N2O2S/c1-12(2)8-9-18-16(20)10-14-11-22-17(19-14)13-4-6-15(21-3)7-5-13/h4-7,11-12H,8-10H2,1-3H3,(H,18,20). The Morgan fingerprint density at radius 3 is 2.68 bits per heavy atom. The molecule has 0 saturated carbocycles. The number of benzene rings is 1. The fourth-order valence-electron chi connectivity index (χ4n) is 1.98. The van der Waals surface area contributed by atoms with Crippen molar-refractivity contribution in [3.8, 4) is 16.3 Å². The first-order chi connectivity index (χ1) is 10.6. The molecule has 1 N–H and O–H groups in total. The van der Waals surface area contributed by atoms with Crippen LogP contribution in [0.1, 0.15) is 26.0 Å². The van der Waals surface area contributed by atoms with E-state index in [1.165, 1.54) is 0 Å². The van der Waals surface area contributed by atoms with Gasteiger partial charge in [-0.15, -0.1) is 11.3 Å². The van der Waals surface area contributed by atoms with Crippen molar-refractivity contribution >= 4 is 17.2 Å². The fraction of sp³-hybridized carbons (Fsp3) is 0.412. The smallest absolute Gasteiger partial charge is 0.226 e. The second kappa shape index (κ2) is 7.94. The molecule has 0 saturated heterocycles. The van der Waals surface area contributed by atoms with Crippen LogP contribution >= 0.6 is 11.3 Å². The van der Waals surface area contributed by atoms with Gasteiger partial charge in [0.2, 0.25) is 5.91 Å². The maximum atomic E-state index is 11.9. The third-order valence-electron chi connectivity index (χ3n) is 3.27. The number of nitrogens with one attached hydrogen (secondary N) is 1. The molecule has 0 unspecified atom stereocenters. The van der Waals surface area contributed by atoms with Crippen molar-refractivity contribution < 1.29 is 9.53 Å². The molecule has 1 aromatic heterocycles. The van der Waals surface area contributed by atoms with Crippen molar-refractivity contribution in [3.05, 3.63) is 35.3 Å². The van der Waals surface area contributed by atoms with Gasteiger partial charge in [-0.2, -0.15) is 0 Å². The van der Waals surface area contributed by atoms with Gasteiger partial charge in [-0.25, -0.2) is 4.98 Å². The van der Waals surface area contributed by atoms with Gasteiger partial charge in [0.25, 0.3) is 0 Å². The minimum Gasteiger partial charge on any atom is -0.497 e. The van der Waals surface area contributed by atoms with Gasteiger partial charge in [0.05, 0.1) is 19.2 Å². The first kappa shape index (κ1) is 16.5. The lowest BCUT2D eigenvalue weighted by molar-refractivity contribution is -0.120. The van der Waals surface area contributed by atoms with Gasteiger partial charge in [-0.3, -0.25) is 4.79 Å². The lowest BCUT2D eigenvalue weighted by Crippen LogP contribution is -2.26. The molecule has 0 atom stereocenters. The van der Waals surface area contributed by atoms with E-state index in [0.29, 0.717) is 12.3 Å². The molecule has 0 aliphatic carbocycles. The van der Waals surface area contributed by atoms with E-state index >= 15 is 0 Å². The summed E-state index contributed by atoms with van der Waals surface area (Å²) in [5.74, 6) is 1.46. The van der Waals surface area contributed by atoms with Crippen molar-refractivity contribution in [2.24, 2.45) is 5.92 Å². The molecule has 0 aliphatic rings. The topological polar surface area (TPSA) is 51.2 Å². The van der Waals surface area contributed by atoms with Gasteiger partial charge in [-0.1, -0.05) is 13.8 Å². The average Bonchev–Trinajstić information content (AvgIpc) is 2.95. The van der Waals surface area contributed by atoms with Crippen LogP contribution in [-0.4, -0.2) is 24.5 Å². The summed E-state index contributed by atoms with van der Waals surface area (Å²) in [5, 5.41) is 5.81. The summed E-state index contributed by atoms with van der Waals surface area (Å²) in [6, 6.07) is 7.78. The van der Waals surface area contributed by atoms with E-state index in [9.17, 15) is 4.79 Å². The van der Waals surface area contributed by atoms with Crippen molar-refractivity contribution in [3.63, 3.8) is 0 Å². The fourth-order valence-corrected chi connectivity index (χ4v) is 2.81. The van der Waals surface area contributed by atoms with Crippen molar-refractivity contribution in [1.82, 2.24) is 10.3 Å². The summed E-state index contributed by atoms with van der Waals surface area (Å²) in [7, 11) is 1.65.